The Bertz CT molecular complexity index is 1120. The Kier molecular flexibility index (Phi) is 6.83. The van der Waals surface area contributed by atoms with Crippen molar-refractivity contribution in [2.45, 2.75) is 81.2 Å². The SMILES string of the molecule is CC(=O)NC1(c2noc(CCC(=O)NC3CCS(=O)(=O)c4ccccc43)n2)CCCCCC1. The highest BCUT2D eigenvalue weighted by molar-refractivity contribution is 7.91. The molecular weight excluding hydrogens is 444 g/mol. The van der Waals surface area contributed by atoms with E-state index in [0.29, 0.717) is 23.7 Å². The van der Waals surface area contributed by atoms with Crippen molar-refractivity contribution in [2.75, 3.05) is 5.75 Å². The van der Waals surface area contributed by atoms with Crippen molar-refractivity contribution in [3.8, 4) is 0 Å². The maximum absolute atomic E-state index is 12.6. The third-order valence-corrected chi connectivity index (χ3v) is 8.29. The van der Waals surface area contributed by atoms with Crippen molar-refractivity contribution in [1.82, 2.24) is 20.8 Å². The zero-order valence-electron chi connectivity index (χ0n) is 18.8. The summed E-state index contributed by atoms with van der Waals surface area (Å²) in [4.78, 5) is 29.3. The van der Waals surface area contributed by atoms with Crippen molar-refractivity contribution < 1.29 is 22.5 Å². The average molecular weight is 475 g/mol. The number of carbonyl (C=O) groups excluding carboxylic acids is 2. The minimum atomic E-state index is -3.31. The van der Waals surface area contributed by atoms with E-state index in [2.05, 4.69) is 20.8 Å². The molecule has 0 saturated heterocycles. The van der Waals surface area contributed by atoms with Crippen molar-refractivity contribution in [1.29, 1.82) is 0 Å². The van der Waals surface area contributed by atoms with E-state index in [9.17, 15) is 18.0 Å². The van der Waals surface area contributed by atoms with Crippen LogP contribution in [0.15, 0.2) is 33.7 Å². The Morgan fingerprint density at radius 3 is 2.61 bits per heavy atom. The van der Waals surface area contributed by atoms with Crippen LogP contribution in [0, 0.1) is 0 Å². The van der Waals surface area contributed by atoms with Crippen molar-refractivity contribution >= 4 is 21.7 Å². The number of aryl methyl sites for hydroxylation is 1. The van der Waals surface area contributed by atoms with Gasteiger partial charge in [0.1, 0.15) is 5.54 Å². The highest BCUT2D eigenvalue weighted by Crippen LogP contribution is 2.35. The quantitative estimate of drug-likeness (QED) is 0.615. The zero-order chi connectivity index (χ0) is 23.5. The first-order valence-corrected chi connectivity index (χ1v) is 13.2. The monoisotopic (exact) mass is 474 g/mol. The number of hydrogen-bond acceptors (Lipinski definition) is 7. The maximum atomic E-state index is 12.6. The summed E-state index contributed by atoms with van der Waals surface area (Å²) in [6.45, 7) is 1.49. The minimum absolute atomic E-state index is 0.00715. The van der Waals surface area contributed by atoms with Gasteiger partial charge in [-0.3, -0.25) is 9.59 Å². The molecule has 178 valence electrons. The lowest BCUT2D eigenvalue weighted by Gasteiger charge is -2.30. The first-order chi connectivity index (χ1) is 15.8. The van der Waals surface area contributed by atoms with Crippen LogP contribution >= 0.6 is 0 Å². The van der Waals surface area contributed by atoms with Crippen LogP contribution < -0.4 is 10.6 Å². The zero-order valence-corrected chi connectivity index (χ0v) is 19.6. The van der Waals surface area contributed by atoms with Crippen LogP contribution in [0.4, 0.5) is 0 Å². The highest BCUT2D eigenvalue weighted by atomic mass is 32.2. The van der Waals surface area contributed by atoms with Crippen LogP contribution in [0.3, 0.4) is 0 Å². The summed E-state index contributed by atoms with van der Waals surface area (Å²) in [5.41, 5.74) is 0.00620. The first-order valence-electron chi connectivity index (χ1n) is 11.5. The molecular formula is C23H30N4O5S. The number of benzene rings is 1. The summed E-state index contributed by atoms with van der Waals surface area (Å²) in [5.74, 6) is 0.493. The number of rotatable bonds is 6. The molecule has 1 unspecified atom stereocenters. The molecule has 1 saturated carbocycles. The second kappa shape index (κ2) is 9.62. The molecule has 2 N–H and O–H groups in total. The third kappa shape index (κ3) is 5.26. The topological polar surface area (TPSA) is 131 Å². The molecule has 2 aromatic rings. The van der Waals surface area contributed by atoms with Gasteiger partial charge in [-0.25, -0.2) is 8.42 Å². The molecule has 0 radical (unpaired) electrons. The van der Waals surface area contributed by atoms with Gasteiger partial charge < -0.3 is 15.2 Å². The Morgan fingerprint density at radius 2 is 1.88 bits per heavy atom. The Hall–Kier alpha value is -2.75. The summed E-state index contributed by atoms with van der Waals surface area (Å²) in [6.07, 6.45) is 6.44. The summed E-state index contributed by atoms with van der Waals surface area (Å²) < 4.78 is 30.0. The van der Waals surface area contributed by atoms with E-state index in [-0.39, 0.29) is 41.3 Å². The molecule has 2 amide bonds. The lowest BCUT2D eigenvalue weighted by atomic mass is 9.89. The molecule has 9 nitrogen and oxygen atoms in total. The second-order valence-corrected chi connectivity index (χ2v) is 11.0. The van der Waals surface area contributed by atoms with Crippen molar-refractivity contribution in [3.05, 3.63) is 41.5 Å². The van der Waals surface area contributed by atoms with Crippen molar-refractivity contribution in [3.63, 3.8) is 0 Å². The molecule has 1 aliphatic carbocycles. The van der Waals surface area contributed by atoms with E-state index in [1.54, 1.807) is 24.3 Å². The number of aromatic nitrogens is 2. The lowest BCUT2D eigenvalue weighted by molar-refractivity contribution is -0.122. The number of hydrogen-bond donors (Lipinski definition) is 2. The van der Waals surface area contributed by atoms with Crippen LogP contribution in [0.1, 0.15) is 81.6 Å². The number of sulfone groups is 1. The standard InChI is InChI=1S/C23H30N4O5S/c1-16(28)26-23(13-6-2-3-7-14-23)22-25-21(32-27-22)11-10-20(29)24-18-12-15-33(30,31)19-9-5-4-8-17(18)19/h4-5,8-9,18H,2-3,6-7,10-15H2,1H3,(H,24,29)(H,26,28). The number of nitrogens with zero attached hydrogens (tertiary/aromatic N) is 2. The molecule has 1 aromatic heterocycles. The van der Waals surface area contributed by atoms with Crippen LogP contribution in [-0.2, 0) is 31.4 Å². The molecule has 1 atom stereocenters. The normalized spacial score (nSPS) is 21.4. The maximum Gasteiger partial charge on any atom is 0.227 e. The summed E-state index contributed by atoms with van der Waals surface area (Å²) in [6, 6.07) is 6.45. The summed E-state index contributed by atoms with van der Waals surface area (Å²) in [7, 11) is -3.31. The highest BCUT2D eigenvalue weighted by Gasteiger charge is 2.38. The van der Waals surface area contributed by atoms with Gasteiger partial charge in [0.2, 0.25) is 17.7 Å². The van der Waals surface area contributed by atoms with Crippen molar-refractivity contribution in [2.24, 2.45) is 0 Å². The molecule has 0 bridgehead atoms. The second-order valence-electron chi connectivity index (χ2n) is 8.95. The molecule has 0 spiro atoms. The Morgan fingerprint density at radius 1 is 1.15 bits per heavy atom. The van der Waals surface area contributed by atoms with Gasteiger partial charge >= 0.3 is 0 Å². The number of carbonyl (C=O) groups is 2. The van der Waals surface area contributed by atoms with Gasteiger partial charge in [-0.05, 0) is 30.9 Å². The predicted octanol–water partition coefficient (Wildman–Crippen LogP) is 2.72. The first kappa shape index (κ1) is 23.4. The summed E-state index contributed by atoms with van der Waals surface area (Å²) in [5, 5.41) is 10.1. The van der Waals surface area contributed by atoms with Crippen LogP contribution in [0.2, 0.25) is 0 Å². The van der Waals surface area contributed by atoms with Gasteiger partial charge in [-0.15, -0.1) is 0 Å². The molecule has 33 heavy (non-hydrogen) atoms. The molecule has 2 aliphatic rings. The molecule has 4 rings (SSSR count). The molecule has 1 aliphatic heterocycles. The van der Waals surface area contributed by atoms with E-state index in [4.69, 9.17) is 4.52 Å². The van der Waals surface area contributed by atoms with E-state index < -0.39 is 15.4 Å². The van der Waals surface area contributed by atoms with Crippen LogP contribution in [0.5, 0.6) is 0 Å². The predicted molar refractivity (Wildman–Crippen MR) is 120 cm³/mol. The van der Waals surface area contributed by atoms with Crippen LogP contribution in [0.25, 0.3) is 0 Å². The average Bonchev–Trinajstić information content (AvgIpc) is 3.14. The fourth-order valence-corrected chi connectivity index (χ4v) is 6.47. The summed E-state index contributed by atoms with van der Waals surface area (Å²) >= 11 is 0. The fourth-order valence-electron chi connectivity index (χ4n) is 4.85. The van der Waals surface area contributed by atoms with Gasteiger partial charge in [0, 0.05) is 19.8 Å². The third-order valence-electron chi connectivity index (χ3n) is 6.47. The van der Waals surface area contributed by atoms with E-state index in [0.717, 1.165) is 38.5 Å². The van der Waals surface area contributed by atoms with E-state index >= 15 is 0 Å². The molecule has 10 heteroatoms. The van der Waals surface area contributed by atoms with Gasteiger partial charge in [-0.2, -0.15) is 4.98 Å². The molecule has 2 heterocycles. The largest absolute Gasteiger partial charge is 0.349 e. The van der Waals surface area contributed by atoms with Crippen LogP contribution in [-0.4, -0.2) is 36.1 Å². The van der Waals surface area contributed by atoms with Gasteiger partial charge in [0.25, 0.3) is 0 Å². The Labute approximate surface area is 193 Å². The fraction of sp³-hybridized carbons (Fsp3) is 0.565. The molecule has 1 fully saturated rings. The lowest BCUT2D eigenvalue weighted by Crippen LogP contribution is -2.45. The van der Waals surface area contributed by atoms with Gasteiger partial charge in [0.05, 0.1) is 16.7 Å². The number of nitrogens with one attached hydrogen (secondary N) is 2. The number of amides is 2. The van der Waals surface area contributed by atoms with Gasteiger partial charge in [0.15, 0.2) is 15.7 Å². The Balaban J connectivity index is 1.40. The smallest absolute Gasteiger partial charge is 0.227 e. The minimum Gasteiger partial charge on any atom is -0.349 e. The van der Waals surface area contributed by atoms with E-state index in [1.165, 1.54) is 6.92 Å². The molecule has 1 aromatic carbocycles. The number of fused-ring (bicyclic) bond motifs is 1. The van der Waals surface area contributed by atoms with Gasteiger partial charge in [-0.1, -0.05) is 49.0 Å². The van der Waals surface area contributed by atoms with E-state index in [1.807, 2.05) is 0 Å².